The third kappa shape index (κ3) is 6.09. The van der Waals surface area contributed by atoms with Crippen molar-refractivity contribution in [2.45, 2.75) is 45.4 Å². The van der Waals surface area contributed by atoms with Crippen LogP contribution < -0.4 is 5.32 Å². The maximum atomic E-state index is 13.1. The molecule has 3 rings (SSSR count). The maximum absolute atomic E-state index is 13.1. The van der Waals surface area contributed by atoms with Crippen LogP contribution in [0.15, 0.2) is 53.1 Å². The molecular formula is C22H29N3O4. The highest BCUT2D eigenvalue weighted by Gasteiger charge is 2.27. The molecule has 7 heteroatoms. The van der Waals surface area contributed by atoms with E-state index < -0.39 is 0 Å². The smallest absolute Gasteiger partial charge is 0.322 e. The van der Waals surface area contributed by atoms with E-state index in [1.54, 1.807) is 22.1 Å². The normalized spacial score (nSPS) is 16.0. The highest BCUT2D eigenvalue weighted by atomic mass is 16.5. The van der Waals surface area contributed by atoms with Gasteiger partial charge in [-0.15, -0.1) is 0 Å². The maximum Gasteiger partial charge on any atom is 0.322 e. The standard InChI is InChI=1S/C22H29N3O4/c1-17(2)25(22(27)23-18-8-4-3-5-9-18)16-21(26)24(14-19-10-6-12-28-19)15-20-11-7-13-29-20/h3-6,8-10,12,17,20H,7,11,13-16H2,1-2H3,(H,23,27). The van der Waals surface area contributed by atoms with Crippen LogP contribution >= 0.6 is 0 Å². The van der Waals surface area contributed by atoms with Gasteiger partial charge in [-0.3, -0.25) is 4.79 Å². The molecule has 1 aromatic heterocycles. The Morgan fingerprint density at radius 1 is 1.17 bits per heavy atom. The predicted octanol–water partition coefficient (Wildman–Crippen LogP) is 3.73. The number of urea groups is 1. The molecule has 0 spiro atoms. The number of hydrogen-bond donors (Lipinski definition) is 1. The van der Waals surface area contributed by atoms with E-state index in [2.05, 4.69) is 5.32 Å². The highest BCUT2D eigenvalue weighted by Crippen LogP contribution is 2.16. The van der Waals surface area contributed by atoms with Gasteiger partial charge in [-0.1, -0.05) is 18.2 Å². The predicted molar refractivity (Wildman–Crippen MR) is 110 cm³/mol. The van der Waals surface area contributed by atoms with E-state index in [1.165, 1.54) is 0 Å². The fourth-order valence-corrected chi connectivity index (χ4v) is 3.33. The first-order valence-electron chi connectivity index (χ1n) is 10.1. The first-order valence-corrected chi connectivity index (χ1v) is 10.1. The molecule has 0 saturated carbocycles. The zero-order valence-corrected chi connectivity index (χ0v) is 17.0. The Morgan fingerprint density at radius 3 is 2.59 bits per heavy atom. The largest absolute Gasteiger partial charge is 0.467 e. The van der Waals surface area contributed by atoms with Gasteiger partial charge in [0.15, 0.2) is 0 Å². The summed E-state index contributed by atoms with van der Waals surface area (Å²) in [5, 5.41) is 2.86. The Kier molecular flexibility index (Phi) is 7.30. The molecule has 7 nitrogen and oxygen atoms in total. The van der Waals surface area contributed by atoms with E-state index in [0.717, 1.165) is 19.4 Å². The molecule has 156 valence electrons. The van der Waals surface area contributed by atoms with Gasteiger partial charge < -0.3 is 24.3 Å². The molecule has 1 aromatic carbocycles. The molecule has 1 atom stereocenters. The van der Waals surface area contributed by atoms with Gasteiger partial charge >= 0.3 is 6.03 Å². The molecule has 29 heavy (non-hydrogen) atoms. The number of carbonyl (C=O) groups excluding carboxylic acids is 2. The molecule has 1 N–H and O–H groups in total. The average molecular weight is 399 g/mol. The van der Waals surface area contributed by atoms with Crippen molar-refractivity contribution in [3.8, 4) is 0 Å². The van der Waals surface area contributed by atoms with Gasteiger partial charge in [-0.2, -0.15) is 0 Å². The van der Waals surface area contributed by atoms with E-state index in [9.17, 15) is 9.59 Å². The van der Waals surface area contributed by atoms with Crippen LogP contribution in [0.2, 0.25) is 0 Å². The third-order valence-electron chi connectivity index (χ3n) is 4.94. The second-order valence-corrected chi connectivity index (χ2v) is 7.51. The number of carbonyl (C=O) groups is 2. The number of ether oxygens (including phenoxy) is 1. The lowest BCUT2D eigenvalue weighted by molar-refractivity contribution is -0.134. The van der Waals surface area contributed by atoms with Crippen LogP contribution in [0.3, 0.4) is 0 Å². The average Bonchev–Trinajstić information content (AvgIpc) is 3.40. The number of para-hydroxylation sites is 1. The molecule has 1 fully saturated rings. The molecule has 1 aliphatic heterocycles. The van der Waals surface area contributed by atoms with Crippen molar-refractivity contribution in [2.24, 2.45) is 0 Å². The van der Waals surface area contributed by atoms with E-state index in [1.807, 2.05) is 50.2 Å². The van der Waals surface area contributed by atoms with Crippen molar-refractivity contribution < 1.29 is 18.7 Å². The summed E-state index contributed by atoms with van der Waals surface area (Å²) in [5.41, 5.74) is 0.697. The van der Waals surface area contributed by atoms with Gasteiger partial charge in [0.25, 0.3) is 0 Å². The number of benzene rings is 1. The third-order valence-corrected chi connectivity index (χ3v) is 4.94. The van der Waals surface area contributed by atoms with Crippen molar-refractivity contribution in [3.05, 3.63) is 54.5 Å². The summed E-state index contributed by atoms with van der Waals surface area (Å²) in [6.45, 7) is 5.36. The monoisotopic (exact) mass is 399 g/mol. The van der Waals surface area contributed by atoms with Crippen molar-refractivity contribution >= 4 is 17.6 Å². The van der Waals surface area contributed by atoms with Crippen molar-refractivity contribution in [1.29, 1.82) is 0 Å². The summed E-state index contributed by atoms with van der Waals surface area (Å²) < 4.78 is 11.1. The zero-order chi connectivity index (χ0) is 20.6. The summed E-state index contributed by atoms with van der Waals surface area (Å²) in [5.74, 6) is 0.579. The summed E-state index contributed by atoms with van der Waals surface area (Å²) in [7, 11) is 0. The number of nitrogens with zero attached hydrogens (tertiary/aromatic N) is 2. The number of furan rings is 1. The van der Waals surface area contributed by atoms with E-state index in [-0.39, 0.29) is 30.6 Å². The van der Waals surface area contributed by atoms with Crippen LogP contribution in [-0.2, 0) is 16.1 Å². The minimum atomic E-state index is -0.297. The van der Waals surface area contributed by atoms with Crippen molar-refractivity contribution in [3.63, 3.8) is 0 Å². The Labute approximate surface area is 171 Å². The molecule has 0 aliphatic carbocycles. The summed E-state index contributed by atoms with van der Waals surface area (Å²) in [6.07, 6.45) is 3.56. The minimum absolute atomic E-state index is 0.0102. The van der Waals surface area contributed by atoms with Gasteiger partial charge in [0, 0.05) is 24.9 Å². The molecule has 3 amide bonds. The number of hydrogen-bond acceptors (Lipinski definition) is 4. The topological polar surface area (TPSA) is 75.0 Å². The number of amides is 3. The molecular weight excluding hydrogens is 370 g/mol. The van der Waals surface area contributed by atoms with Crippen LogP contribution in [0.5, 0.6) is 0 Å². The fraction of sp³-hybridized carbons (Fsp3) is 0.455. The minimum Gasteiger partial charge on any atom is -0.467 e. The van der Waals surface area contributed by atoms with Crippen molar-refractivity contribution in [2.75, 3.05) is 25.0 Å². The van der Waals surface area contributed by atoms with Crippen molar-refractivity contribution in [1.82, 2.24) is 9.80 Å². The first kappa shape index (κ1) is 20.9. The Balaban J connectivity index is 1.67. The lowest BCUT2D eigenvalue weighted by Gasteiger charge is -2.30. The van der Waals surface area contributed by atoms with Gasteiger partial charge in [-0.05, 0) is 51.0 Å². The van der Waals surface area contributed by atoms with E-state index in [0.29, 0.717) is 24.5 Å². The molecule has 2 heterocycles. The fourth-order valence-electron chi connectivity index (χ4n) is 3.33. The molecule has 0 bridgehead atoms. The van der Waals surface area contributed by atoms with E-state index >= 15 is 0 Å². The molecule has 1 unspecified atom stereocenters. The first-order chi connectivity index (χ1) is 14.0. The summed E-state index contributed by atoms with van der Waals surface area (Å²) >= 11 is 0. The SMILES string of the molecule is CC(C)N(CC(=O)N(Cc1ccco1)CC1CCCO1)C(=O)Nc1ccccc1. The van der Waals surface area contributed by atoms with Gasteiger partial charge in [-0.25, -0.2) is 4.79 Å². The number of rotatable bonds is 8. The lowest BCUT2D eigenvalue weighted by atomic mass is 10.2. The Morgan fingerprint density at radius 2 is 1.97 bits per heavy atom. The molecule has 1 aliphatic rings. The van der Waals surface area contributed by atoms with E-state index in [4.69, 9.17) is 9.15 Å². The Bertz CT molecular complexity index is 771. The van der Waals surface area contributed by atoms with Crippen LogP contribution in [0.25, 0.3) is 0 Å². The van der Waals surface area contributed by atoms with Gasteiger partial charge in [0.05, 0.1) is 18.9 Å². The Hall–Kier alpha value is -2.80. The molecule has 1 saturated heterocycles. The molecule has 2 aromatic rings. The van der Waals surface area contributed by atoms with Gasteiger partial charge in [0.2, 0.25) is 5.91 Å². The summed E-state index contributed by atoms with van der Waals surface area (Å²) in [6, 6.07) is 12.5. The second-order valence-electron chi connectivity index (χ2n) is 7.51. The second kappa shape index (κ2) is 10.1. The van der Waals surface area contributed by atoms with Gasteiger partial charge in [0.1, 0.15) is 12.3 Å². The molecule has 0 radical (unpaired) electrons. The quantitative estimate of drug-likeness (QED) is 0.734. The van der Waals surface area contributed by atoms with Crippen LogP contribution in [0, 0.1) is 0 Å². The van der Waals surface area contributed by atoms with Crippen LogP contribution in [0.4, 0.5) is 10.5 Å². The number of anilines is 1. The summed E-state index contributed by atoms with van der Waals surface area (Å²) in [4.78, 5) is 29.2. The number of nitrogens with one attached hydrogen (secondary N) is 1. The zero-order valence-electron chi connectivity index (χ0n) is 17.0. The van der Waals surface area contributed by atoms with Crippen LogP contribution in [-0.4, -0.2) is 53.6 Å². The lowest BCUT2D eigenvalue weighted by Crippen LogP contribution is -2.48. The van der Waals surface area contributed by atoms with Crippen LogP contribution in [0.1, 0.15) is 32.4 Å². The highest BCUT2D eigenvalue weighted by molar-refractivity contribution is 5.92.